The lowest BCUT2D eigenvalue weighted by Gasteiger charge is -2.17. The van der Waals surface area contributed by atoms with E-state index in [4.69, 9.17) is 5.10 Å². The van der Waals surface area contributed by atoms with Crippen molar-refractivity contribution in [3.8, 4) is 11.3 Å². The number of anilines is 2. The smallest absolute Gasteiger partial charge is 0.154 e. The van der Waals surface area contributed by atoms with Crippen LogP contribution in [0.1, 0.15) is 0 Å². The Morgan fingerprint density at radius 1 is 1.14 bits per heavy atom. The largest absolute Gasteiger partial charge is 0.327 e. The van der Waals surface area contributed by atoms with E-state index in [-0.39, 0.29) is 0 Å². The van der Waals surface area contributed by atoms with E-state index in [1.54, 1.807) is 17.5 Å². The quantitative estimate of drug-likeness (QED) is 0.580. The van der Waals surface area contributed by atoms with E-state index < -0.39 is 0 Å². The van der Waals surface area contributed by atoms with Crippen LogP contribution in [-0.2, 0) is 0 Å². The molecule has 6 heteroatoms. The van der Waals surface area contributed by atoms with Crippen molar-refractivity contribution in [2.45, 2.75) is 0 Å². The van der Waals surface area contributed by atoms with Gasteiger partial charge < -0.3 is 4.90 Å². The fourth-order valence-electron chi connectivity index (χ4n) is 2.33. The van der Waals surface area contributed by atoms with Gasteiger partial charge in [0.1, 0.15) is 0 Å². The van der Waals surface area contributed by atoms with Gasteiger partial charge in [-0.15, -0.1) is 5.10 Å². The van der Waals surface area contributed by atoms with Crippen molar-refractivity contribution in [2.24, 2.45) is 0 Å². The highest BCUT2D eigenvalue weighted by molar-refractivity contribution is 7.08. The first-order valence-corrected chi connectivity index (χ1v) is 7.78. The fraction of sp³-hybridized carbons (Fsp3) is 0.0625. The van der Waals surface area contributed by atoms with Gasteiger partial charge in [-0.3, -0.25) is 4.98 Å². The fourth-order valence-corrected chi connectivity index (χ4v) is 2.98. The lowest BCUT2D eigenvalue weighted by atomic mass is 10.3. The molecule has 4 rings (SSSR count). The monoisotopic (exact) mass is 307 g/mol. The molecule has 0 radical (unpaired) electrons. The minimum absolute atomic E-state index is 0.838. The Morgan fingerprint density at radius 2 is 2.09 bits per heavy atom. The van der Waals surface area contributed by atoms with Crippen LogP contribution in [0.2, 0.25) is 0 Å². The summed E-state index contributed by atoms with van der Waals surface area (Å²) >= 11 is 1.67. The number of fused-ring (bicyclic) bond motifs is 1. The number of imidazole rings is 1. The Kier molecular flexibility index (Phi) is 3.08. The molecule has 0 aromatic carbocycles. The van der Waals surface area contributed by atoms with Gasteiger partial charge in [-0.05, 0) is 35.7 Å². The molecule has 4 heterocycles. The summed E-state index contributed by atoms with van der Waals surface area (Å²) < 4.78 is 1.88. The van der Waals surface area contributed by atoms with Gasteiger partial charge in [-0.25, -0.2) is 9.50 Å². The van der Waals surface area contributed by atoms with Gasteiger partial charge >= 0.3 is 0 Å². The van der Waals surface area contributed by atoms with E-state index in [1.807, 2.05) is 53.1 Å². The van der Waals surface area contributed by atoms with Crippen LogP contribution in [0.15, 0.2) is 59.7 Å². The zero-order valence-corrected chi connectivity index (χ0v) is 12.7. The molecule has 22 heavy (non-hydrogen) atoms. The number of hydrogen-bond donors (Lipinski definition) is 0. The summed E-state index contributed by atoms with van der Waals surface area (Å²) in [7, 11) is 1.98. The highest BCUT2D eigenvalue weighted by Crippen LogP contribution is 2.25. The normalized spacial score (nSPS) is 11.0. The molecule has 108 valence electrons. The second-order valence-corrected chi connectivity index (χ2v) is 5.67. The molecule has 0 aliphatic carbocycles. The lowest BCUT2D eigenvalue weighted by Crippen LogP contribution is -2.13. The summed E-state index contributed by atoms with van der Waals surface area (Å²) in [5, 5.41) is 8.88. The van der Waals surface area contributed by atoms with Crippen LogP contribution in [0.3, 0.4) is 0 Å². The van der Waals surface area contributed by atoms with Gasteiger partial charge in [-0.2, -0.15) is 11.3 Å². The molecule has 0 aliphatic rings. The van der Waals surface area contributed by atoms with Crippen molar-refractivity contribution in [3.63, 3.8) is 0 Å². The first-order valence-electron chi connectivity index (χ1n) is 6.84. The maximum Gasteiger partial charge on any atom is 0.154 e. The zero-order chi connectivity index (χ0) is 14.9. The van der Waals surface area contributed by atoms with Gasteiger partial charge in [-0.1, -0.05) is 0 Å². The van der Waals surface area contributed by atoms with Gasteiger partial charge in [0.2, 0.25) is 0 Å². The Hall–Kier alpha value is -2.73. The Bertz CT molecular complexity index is 899. The Balaban J connectivity index is 1.82. The van der Waals surface area contributed by atoms with Crippen molar-refractivity contribution in [1.82, 2.24) is 19.6 Å². The Labute approximate surface area is 131 Å². The predicted molar refractivity (Wildman–Crippen MR) is 88.6 cm³/mol. The third kappa shape index (κ3) is 2.14. The molecule has 0 aliphatic heterocycles. The summed E-state index contributed by atoms with van der Waals surface area (Å²) in [5.74, 6) is 0.843. The van der Waals surface area contributed by atoms with Gasteiger partial charge in [0.15, 0.2) is 11.5 Å². The predicted octanol–water partition coefficient (Wildman–Crippen LogP) is 3.62. The van der Waals surface area contributed by atoms with Crippen molar-refractivity contribution >= 4 is 28.5 Å². The maximum absolute atomic E-state index is 4.72. The van der Waals surface area contributed by atoms with Crippen LogP contribution >= 0.6 is 11.3 Å². The number of nitrogens with zero attached hydrogens (tertiary/aromatic N) is 5. The molecule has 0 atom stereocenters. The van der Waals surface area contributed by atoms with Crippen LogP contribution in [0, 0.1) is 0 Å². The topological polar surface area (TPSA) is 46.3 Å². The summed E-state index contributed by atoms with van der Waals surface area (Å²) in [6, 6.07) is 9.94. The minimum atomic E-state index is 0.838. The van der Waals surface area contributed by atoms with E-state index in [2.05, 4.69) is 26.8 Å². The van der Waals surface area contributed by atoms with E-state index in [1.165, 1.54) is 0 Å². The molecule has 0 bridgehead atoms. The van der Waals surface area contributed by atoms with Crippen molar-refractivity contribution in [3.05, 3.63) is 59.7 Å². The SMILES string of the molecule is CN(c1cccnc1)c1ccc2ncc(-c3ccsc3)n2n1. The highest BCUT2D eigenvalue weighted by Gasteiger charge is 2.11. The first-order chi connectivity index (χ1) is 10.8. The summed E-state index contributed by atoms with van der Waals surface area (Å²) in [4.78, 5) is 10.6. The number of aromatic nitrogens is 4. The second-order valence-electron chi connectivity index (χ2n) is 4.89. The van der Waals surface area contributed by atoms with E-state index in [9.17, 15) is 0 Å². The molecule has 5 nitrogen and oxygen atoms in total. The zero-order valence-electron chi connectivity index (χ0n) is 11.9. The highest BCUT2D eigenvalue weighted by atomic mass is 32.1. The summed E-state index contributed by atoms with van der Waals surface area (Å²) in [6.07, 6.45) is 5.44. The third-order valence-corrected chi connectivity index (χ3v) is 4.23. The average Bonchev–Trinajstić information content (AvgIpc) is 3.23. The van der Waals surface area contributed by atoms with Crippen LogP contribution in [0.5, 0.6) is 0 Å². The molecular formula is C16H13N5S. The van der Waals surface area contributed by atoms with E-state index in [0.29, 0.717) is 0 Å². The maximum atomic E-state index is 4.72. The minimum Gasteiger partial charge on any atom is -0.327 e. The van der Waals surface area contributed by atoms with Gasteiger partial charge in [0.05, 0.1) is 23.8 Å². The molecule has 4 aromatic heterocycles. The number of rotatable bonds is 3. The molecule has 0 saturated heterocycles. The molecule has 0 saturated carbocycles. The van der Waals surface area contributed by atoms with Crippen LogP contribution in [-0.4, -0.2) is 26.6 Å². The van der Waals surface area contributed by atoms with Crippen LogP contribution in [0.4, 0.5) is 11.5 Å². The summed E-state index contributed by atoms with van der Waals surface area (Å²) in [6.45, 7) is 0. The number of thiophene rings is 1. The molecule has 0 fully saturated rings. The molecule has 0 spiro atoms. The standard InChI is InChI=1S/C16H13N5S/c1-20(13-3-2-7-17-9-13)16-5-4-15-18-10-14(21(15)19-16)12-6-8-22-11-12/h2-11H,1H3. The number of hydrogen-bond acceptors (Lipinski definition) is 5. The molecule has 0 N–H and O–H groups in total. The Morgan fingerprint density at radius 3 is 2.86 bits per heavy atom. The van der Waals surface area contributed by atoms with Gasteiger partial charge in [0.25, 0.3) is 0 Å². The molecule has 4 aromatic rings. The third-order valence-electron chi connectivity index (χ3n) is 3.54. The lowest BCUT2D eigenvalue weighted by molar-refractivity contribution is 0.920. The van der Waals surface area contributed by atoms with Crippen molar-refractivity contribution in [1.29, 1.82) is 0 Å². The van der Waals surface area contributed by atoms with Crippen LogP contribution < -0.4 is 4.90 Å². The molecule has 0 amide bonds. The van der Waals surface area contributed by atoms with E-state index >= 15 is 0 Å². The first kappa shape index (κ1) is 13.0. The second kappa shape index (κ2) is 5.23. The average molecular weight is 307 g/mol. The van der Waals surface area contributed by atoms with Crippen molar-refractivity contribution < 1.29 is 0 Å². The van der Waals surface area contributed by atoms with Crippen LogP contribution in [0.25, 0.3) is 16.9 Å². The molecular weight excluding hydrogens is 294 g/mol. The molecule has 0 unspecified atom stereocenters. The van der Waals surface area contributed by atoms with Crippen molar-refractivity contribution in [2.75, 3.05) is 11.9 Å². The van der Waals surface area contributed by atoms with Gasteiger partial charge in [0, 0.05) is 24.2 Å². The van der Waals surface area contributed by atoms with E-state index in [0.717, 1.165) is 28.4 Å². The summed E-state index contributed by atoms with van der Waals surface area (Å²) in [5.41, 5.74) is 3.96. The number of pyridine rings is 1.